The molecule has 3 rings (SSSR count). The van der Waals surface area contributed by atoms with Gasteiger partial charge in [0, 0.05) is 11.8 Å². The first-order valence-corrected chi connectivity index (χ1v) is 8.26. The minimum atomic E-state index is -0.368. The van der Waals surface area contributed by atoms with Gasteiger partial charge in [-0.15, -0.1) is 0 Å². The van der Waals surface area contributed by atoms with Crippen molar-refractivity contribution in [3.05, 3.63) is 89.6 Å². The molecular weight excluding hydrogens is 330 g/mol. The Morgan fingerprint density at radius 1 is 1.08 bits per heavy atom. The summed E-state index contributed by atoms with van der Waals surface area (Å²) in [6.07, 6.45) is 2.99. The van der Waals surface area contributed by atoms with Crippen LogP contribution in [0.3, 0.4) is 0 Å². The maximum Gasteiger partial charge on any atom is 0.270 e. The third-order valence-electron chi connectivity index (χ3n) is 3.91. The van der Waals surface area contributed by atoms with E-state index in [4.69, 9.17) is 4.42 Å². The Kier molecular flexibility index (Phi) is 5.43. The van der Waals surface area contributed by atoms with E-state index in [1.807, 2.05) is 37.3 Å². The summed E-state index contributed by atoms with van der Waals surface area (Å²) < 4.78 is 5.17. The van der Waals surface area contributed by atoms with Crippen molar-refractivity contribution in [2.24, 2.45) is 0 Å². The standard InChI is InChI=1S/C20H19N3O3/c1-14(15-6-3-2-4-7-15)23-19(24)16-9-10-21-18(12-16)20(25)22-13-17-8-5-11-26-17/h2-12,14H,13H2,1H3,(H,22,25)(H,23,24). The van der Waals surface area contributed by atoms with Crippen LogP contribution < -0.4 is 10.6 Å². The number of nitrogens with one attached hydrogen (secondary N) is 2. The first-order chi connectivity index (χ1) is 12.6. The van der Waals surface area contributed by atoms with Gasteiger partial charge in [-0.3, -0.25) is 14.6 Å². The van der Waals surface area contributed by atoms with E-state index in [1.54, 1.807) is 24.5 Å². The Bertz CT molecular complexity index is 876. The van der Waals surface area contributed by atoms with Crippen LogP contribution in [0.2, 0.25) is 0 Å². The van der Waals surface area contributed by atoms with E-state index in [9.17, 15) is 9.59 Å². The van der Waals surface area contributed by atoms with Crippen LogP contribution in [0.4, 0.5) is 0 Å². The van der Waals surface area contributed by atoms with Gasteiger partial charge in [0.1, 0.15) is 11.5 Å². The highest BCUT2D eigenvalue weighted by Crippen LogP contribution is 2.12. The molecule has 26 heavy (non-hydrogen) atoms. The quantitative estimate of drug-likeness (QED) is 0.716. The largest absolute Gasteiger partial charge is 0.467 e. The number of nitrogens with zero attached hydrogens (tertiary/aromatic N) is 1. The molecule has 0 aliphatic heterocycles. The predicted molar refractivity (Wildman–Crippen MR) is 96.4 cm³/mol. The lowest BCUT2D eigenvalue weighted by Gasteiger charge is -2.14. The number of hydrogen-bond donors (Lipinski definition) is 2. The molecule has 0 saturated heterocycles. The van der Waals surface area contributed by atoms with E-state index < -0.39 is 0 Å². The molecule has 0 bridgehead atoms. The second kappa shape index (κ2) is 8.11. The van der Waals surface area contributed by atoms with Crippen molar-refractivity contribution in [3.8, 4) is 0 Å². The SMILES string of the molecule is CC(NC(=O)c1ccnc(C(=O)NCc2ccco2)c1)c1ccccc1. The van der Waals surface area contributed by atoms with E-state index in [1.165, 1.54) is 12.3 Å². The number of pyridine rings is 1. The molecule has 2 heterocycles. The van der Waals surface area contributed by atoms with Crippen LogP contribution in [0.5, 0.6) is 0 Å². The van der Waals surface area contributed by atoms with Gasteiger partial charge in [0.05, 0.1) is 18.8 Å². The smallest absolute Gasteiger partial charge is 0.270 e. The van der Waals surface area contributed by atoms with Crippen LogP contribution in [0, 0.1) is 0 Å². The monoisotopic (exact) mass is 349 g/mol. The molecule has 1 unspecified atom stereocenters. The Hall–Kier alpha value is -3.41. The van der Waals surface area contributed by atoms with Crippen molar-refractivity contribution in [3.63, 3.8) is 0 Å². The zero-order valence-corrected chi connectivity index (χ0v) is 14.3. The molecule has 0 aliphatic carbocycles. The Balaban J connectivity index is 1.64. The maximum atomic E-state index is 12.5. The molecule has 6 heteroatoms. The van der Waals surface area contributed by atoms with Gasteiger partial charge in [-0.05, 0) is 36.8 Å². The van der Waals surface area contributed by atoms with Crippen molar-refractivity contribution in [1.82, 2.24) is 15.6 Å². The molecule has 0 radical (unpaired) electrons. The van der Waals surface area contributed by atoms with Gasteiger partial charge in [-0.25, -0.2) is 0 Å². The maximum absolute atomic E-state index is 12.5. The molecule has 6 nitrogen and oxygen atoms in total. The first-order valence-electron chi connectivity index (χ1n) is 8.26. The van der Waals surface area contributed by atoms with Gasteiger partial charge in [0.15, 0.2) is 0 Å². The summed E-state index contributed by atoms with van der Waals surface area (Å²) in [5.74, 6) is 0.0138. The molecule has 0 saturated carbocycles. The molecule has 1 atom stereocenters. The summed E-state index contributed by atoms with van der Waals surface area (Å²) in [6, 6.07) is 16.1. The lowest BCUT2D eigenvalue weighted by Crippen LogP contribution is -2.28. The average molecular weight is 349 g/mol. The fraction of sp³-hybridized carbons (Fsp3) is 0.150. The van der Waals surface area contributed by atoms with E-state index >= 15 is 0 Å². The van der Waals surface area contributed by atoms with Crippen LogP contribution in [-0.4, -0.2) is 16.8 Å². The van der Waals surface area contributed by atoms with Crippen molar-refractivity contribution in [2.75, 3.05) is 0 Å². The number of hydrogen-bond acceptors (Lipinski definition) is 4. The second-order valence-electron chi connectivity index (χ2n) is 5.80. The normalized spacial score (nSPS) is 11.6. The summed E-state index contributed by atoms with van der Waals surface area (Å²) >= 11 is 0. The van der Waals surface area contributed by atoms with Crippen molar-refractivity contribution < 1.29 is 14.0 Å². The lowest BCUT2D eigenvalue weighted by atomic mass is 10.1. The van der Waals surface area contributed by atoms with Crippen LogP contribution >= 0.6 is 0 Å². The van der Waals surface area contributed by atoms with E-state index in [2.05, 4.69) is 15.6 Å². The molecule has 0 spiro atoms. The Morgan fingerprint density at radius 3 is 2.62 bits per heavy atom. The molecule has 0 fully saturated rings. The molecule has 2 aromatic heterocycles. The number of benzene rings is 1. The van der Waals surface area contributed by atoms with Crippen LogP contribution in [0.15, 0.2) is 71.5 Å². The van der Waals surface area contributed by atoms with E-state index in [0.29, 0.717) is 11.3 Å². The zero-order valence-electron chi connectivity index (χ0n) is 14.3. The van der Waals surface area contributed by atoms with Gasteiger partial charge in [-0.1, -0.05) is 30.3 Å². The minimum Gasteiger partial charge on any atom is -0.467 e. The van der Waals surface area contributed by atoms with Gasteiger partial charge in [0.2, 0.25) is 0 Å². The number of furan rings is 1. The molecule has 132 valence electrons. The molecule has 3 aromatic rings. The first kappa shape index (κ1) is 17.4. The third-order valence-corrected chi connectivity index (χ3v) is 3.91. The summed E-state index contributed by atoms with van der Waals surface area (Å²) in [4.78, 5) is 28.7. The predicted octanol–water partition coefficient (Wildman–Crippen LogP) is 3.10. The van der Waals surface area contributed by atoms with Crippen molar-refractivity contribution in [1.29, 1.82) is 0 Å². The highest BCUT2D eigenvalue weighted by molar-refractivity contribution is 5.98. The molecular formula is C20H19N3O3. The zero-order chi connectivity index (χ0) is 18.4. The topological polar surface area (TPSA) is 84.2 Å². The number of carbonyl (C=O) groups is 2. The van der Waals surface area contributed by atoms with Crippen LogP contribution in [0.25, 0.3) is 0 Å². The molecule has 1 aromatic carbocycles. The summed E-state index contributed by atoms with van der Waals surface area (Å²) in [5.41, 5.74) is 1.56. The third kappa shape index (κ3) is 4.36. The second-order valence-corrected chi connectivity index (χ2v) is 5.80. The summed E-state index contributed by atoms with van der Waals surface area (Å²) in [5, 5.41) is 5.63. The Labute approximate surface area is 151 Å². The van der Waals surface area contributed by atoms with Crippen molar-refractivity contribution >= 4 is 11.8 Å². The lowest BCUT2D eigenvalue weighted by molar-refractivity contribution is 0.0939. The summed E-state index contributed by atoms with van der Waals surface area (Å²) in [7, 11) is 0. The summed E-state index contributed by atoms with van der Waals surface area (Å²) in [6.45, 7) is 2.17. The van der Waals surface area contributed by atoms with E-state index in [-0.39, 0.29) is 30.1 Å². The number of rotatable bonds is 6. The number of aromatic nitrogens is 1. The molecule has 0 aliphatic rings. The van der Waals surface area contributed by atoms with E-state index in [0.717, 1.165) is 5.56 Å². The van der Waals surface area contributed by atoms with Crippen LogP contribution in [-0.2, 0) is 6.54 Å². The average Bonchev–Trinajstić information content (AvgIpc) is 3.20. The fourth-order valence-corrected chi connectivity index (χ4v) is 2.47. The van der Waals surface area contributed by atoms with Gasteiger partial charge >= 0.3 is 0 Å². The fourth-order valence-electron chi connectivity index (χ4n) is 2.47. The number of carbonyl (C=O) groups excluding carboxylic acids is 2. The highest BCUT2D eigenvalue weighted by atomic mass is 16.3. The van der Waals surface area contributed by atoms with Gasteiger partial charge in [0.25, 0.3) is 11.8 Å². The van der Waals surface area contributed by atoms with Crippen LogP contribution in [0.1, 0.15) is 45.1 Å². The van der Waals surface area contributed by atoms with Gasteiger partial charge in [-0.2, -0.15) is 0 Å². The highest BCUT2D eigenvalue weighted by Gasteiger charge is 2.14. The molecule has 2 amide bonds. The van der Waals surface area contributed by atoms with Gasteiger partial charge < -0.3 is 15.1 Å². The van der Waals surface area contributed by atoms with Crippen molar-refractivity contribution in [2.45, 2.75) is 19.5 Å². The number of amides is 2. The Morgan fingerprint density at radius 2 is 1.88 bits per heavy atom. The minimum absolute atomic E-state index is 0.145. The molecule has 2 N–H and O–H groups in total.